The van der Waals surface area contributed by atoms with Gasteiger partial charge in [-0.25, -0.2) is 0 Å². The number of aryl methyl sites for hydroxylation is 1. The highest BCUT2D eigenvalue weighted by Gasteiger charge is 2.11. The number of aromatic nitrogens is 4. The molecule has 0 aliphatic carbocycles. The van der Waals surface area contributed by atoms with Gasteiger partial charge in [-0.05, 0) is 18.2 Å². The molecule has 0 fully saturated rings. The number of rotatable bonds is 5. The Morgan fingerprint density at radius 1 is 1.39 bits per heavy atom. The molecular formula is C16H19N5O2. The molecule has 0 spiro atoms. The van der Waals surface area contributed by atoms with E-state index in [1.165, 1.54) is 0 Å². The van der Waals surface area contributed by atoms with E-state index in [1.54, 1.807) is 0 Å². The Morgan fingerprint density at radius 3 is 2.96 bits per heavy atom. The first-order valence-corrected chi connectivity index (χ1v) is 7.43. The van der Waals surface area contributed by atoms with Crippen LogP contribution in [0.2, 0.25) is 0 Å². The number of amides is 1. The minimum atomic E-state index is -0.299. The summed E-state index contributed by atoms with van der Waals surface area (Å²) in [5, 5.41) is 10.3. The normalized spacial score (nSPS) is 11.1. The molecule has 7 nitrogen and oxygen atoms in total. The second-order valence-electron chi connectivity index (χ2n) is 5.65. The highest BCUT2D eigenvalue weighted by Crippen LogP contribution is 2.25. The molecule has 3 rings (SSSR count). The van der Waals surface area contributed by atoms with Gasteiger partial charge in [-0.2, -0.15) is 4.98 Å². The summed E-state index contributed by atoms with van der Waals surface area (Å²) < 4.78 is 7.63. The summed E-state index contributed by atoms with van der Waals surface area (Å²) in [6.45, 7) is 3.89. The zero-order valence-electron chi connectivity index (χ0n) is 13.3. The molecule has 2 heterocycles. The number of nitrogens with zero attached hydrogens (tertiary/aromatic N) is 3. The Morgan fingerprint density at radius 2 is 2.22 bits per heavy atom. The average molecular weight is 313 g/mol. The van der Waals surface area contributed by atoms with Crippen molar-refractivity contribution in [1.82, 2.24) is 19.7 Å². The molecule has 1 aromatic carbocycles. The number of nitrogens with one attached hydrogen (secondary N) is 2. The first-order chi connectivity index (χ1) is 11.0. The third-order valence-electron chi connectivity index (χ3n) is 3.55. The predicted molar refractivity (Wildman–Crippen MR) is 87.5 cm³/mol. The number of aromatic amines is 1. The molecule has 2 N–H and O–H groups in total. The van der Waals surface area contributed by atoms with Crippen LogP contribution < -0.4 is 10.1 Å². The van der Waals surface area contributed by atoms with Crippen LogP contribution in [0.3, 0.4) is 0 Å². The SMILES string of the molecule is CC(C)c1nc(NC(=O)COc2cccc3c2ccn3C)n[nH]1. The average Bonchev–Trinajstić information content (AvgIpc) is 3.13. The maximum atomic E-state index is 12.0. The van der Waals surface area contributed by atoms with Gasteiger partial charge in [0, 0.05) is 24.5 Å². The number of anilines is 1. The Balaban J connectivity index is 1.64. The number of fused-ring (bicyclic) bond motifs is 1. The van der Waals surface area contributed by atoms with Crippen molar-refractivity contribution < 1.29 is 9.53 Å². The zero-order valence-corrected chi connectivity index (χ0v) is 13.3. The van der Waals surface area contributed by atoms with Crippen LogP contribution in [0.4, 0.5) is 5.95 Å². The Hall–Kier alpha value is -2.83. The van der Waals surface area contributed by atoms with Crippen molar-refractivity contribution >= 4 is 22.8 Å². The maximum Gasteiger partial charge on any atom is 0.264 e. The van der Waals surface area contributed by atoms with E-state index in [0.29, 0.717) is 5.75 Å². The molecule has 0 bridgehead atoms. The summed E-state index contributed by atoms with van der Waals surface area (Å²) >= 11 is 0. The molecular weight excluding hydrogens is 294 g/mol. The van der Waals surface area contributed by atoms with E-state index in [-0.39, 0.29) is 24.4 Å². The lowest BCUT2D eigenvalue weighted by molar-refractivity contribution is -0.118. The van der Waals surface area contributed by atoms with Crippen LogP contribution in [0, 0.1) is 0 Å². The molecule has 120 valence electrons. The summed E-state index contributed by atoms with van der Waals surface area (Å²) in [7, 11) is 1.97. The minimum Gasteiger partial charge on any atom is -0.483 e. The van der Waals surface area contributed by atoms with Crippen molar-refractivity contribution in [3.8, 4) is 5.75 Å². The Bertz CT molecular complexity index is 834. The number of benzene rings is 1. The minimum absolute atomic E-state index is 0.0977. The van der Waals surface area contributed by atoms with Gasteiger partial charge in [0.15, 0.2) is 6.61 Å². The van der Waals surface area contributed by atoms with Crippen LogP contribution in [0.25, 0.3) is 10.9 Å². The van der Waals surface area contributed by atoms with Crippen molar-refractivity contribution in [1.29, 1.82) is 0 Å². The number of carbonyl (C=O) groups is 1. The van der Waals surface area contributed by atoms with Crippen LogP contribution in [-0.4, -0.2) is 32.3 Å². The summed E-state index contributed by atoms with van der Waals surface area (Å²) in [6.07, 6.45) is 1.96. The molecule has 0 aliphatic rings. The van der Waals surface area contributed by atoms with E-state index in [4.69, 9.17) is 4.74 Å². The summed E-state index contributed by atoms with van der Waals surface area (Å²) in [6, 6.07) is 7.72. The number of hydrogen-bond donors (Lipinski definition) is 2. The molecule has 2 aromatic heterocycles. The standard InChI is InChI=1S/C16H19N5O2/c1-10(2)15-18-16(20-19-15)17-14(22)9-23-13-6-4-5-12-11(13)7-8-21(12)3/h4-8,10H,9H2,1-3H3,(H2,17,18,19,20,22). The maximum absolute atomic E-state index is 12.0. The Labute approximate surface area is 133 Å². The van der Waals surface area contributed by atoms with Gasteiger partial charge >= 0.3 is 0 Å². The monoisotopic (exact) mass is 313 g/mol. The zero-order chi connectivity index (χ0) is 16.4. The van der Waals surface area contributed by atoms with E-state index >= 15 is 0 Å². The van der Waals surface area contributed by atoms with Crippen molar-refractivity contribution in [2.45, 2.75) is 19.8 Å². The number of H-pyrrole nitrogens is 1. The van der Waals surface area contributed by atoms with Gasteiger partial charge in [0.1, 0.15) is 11.6 Å². The second kappa shape index (κ2) is 6.12. The van der Waals surface area contributed by atoms with Gasteiger partial charge in [0.2, 0.25) is 5.95 Å². The van der Waals surface area contributed by atoms with Gasteiger partial charge in [0.25, 0.3) is 5.91 Å². The molecule has 0 saturated heterocycles. The van der Waals surface area contributed by atoms with Crippen LogP contribution in [0.5, 0.6) is 5.75 Å². The molecule has 0 atom stereocenters. The lowest BCUT2D eigenvalue weighted by Crippen LogP contribution is -2.21. The predicted octanol–water partition coefficient (Wildman–Crippen LogP) is 2.44. The molecule has 0 saturated carbocycles. The molecule has 1 amide bonds. The molecule has 0 aliphatic heterocycles. The highest BCUT2D eigenvalue weighted by atomic mass is 16.5. The lowest BCUT2D eigenvalue weighted by Gasteiger charge is -2.07. The van der Waals surface area contributed by atoms with Gasteiger partial charge in [0.05, 0.1) is 5.52 Å². The highest BCUT2D eigenvalue weighted by molar-refractivity contribution is 5.91. The molecule has 3 aromatic rings. The molecule has 0 unspecified atom stereocenters. The first kappa shape index (κ1) is 15.1. The van der Waals surface area contributed by atoms with Gasteiger partial charge in [-0.15, -0.1) is 5.10 Å². The fourth-order valence-electron chi connectivity index (χ4n) is 2.29. The van der Waals surface area contributed by atoms with Crippen molar-refractivity contribution in [2.24, 2.45) is 7.05 Å². The largest absolute Gasteiger partial charge is 0.483 e. The third-order valence-corrected chi connectivity index (χ3v) is 3.55. The fraction of sp³-hybridized carbons (Fsp3) is 0.312. The van der Waals surface area contributed by atoms with Crippen LogP contribution in [0.15, 0.2) is 30.5 Å². The fourth-order valence-corrected chi connectivity index (χ4v) is 2.29. The molecule has 23 heavy (non-hydrogen) atoms. The van der Waals surface area contributed by atoms with Crippen LogP contribution >= 0.6 is 0 Å². The van der Waals surface area contributed by atoms with E-state index in [2.05, 4.69) is 20.5 Å². The van der Waals surface area contributed by atoms with Crippen molar-refractivity contribution in [2.75, 3.05) is 11.9 Å². The molecule has 7 heteroatoms. The Kier molecular flexibility index (Phi) is 4.01. The second-order valence-corrected chi connectivity index (χ2v) is 5.65. The van der Waals surface area contributed by atoms with E-state index in [9.17, 15) is 4.79 Å². The quantitative estimate of drug-likeness (QED) is 0.757. The summed E-state index contributed by atoms with van der Waals surface area (Å²) in [5.74, 6) is 1.60. The number of hydrogen-bond acceptors (Lipinski definition) is 4. The van der Waals surface area contributed by atoms with E-state index in [1.807, 2.05) is 55.9 Å². The topological polar surface area (TPSA) is 84.8 Å². The summed E-state index contributed by atoms with van der Waals surface area (Å²) in [5.41, 5.74) is 1.05. The van der Waals surface area contributed by atoms with E-state index < -0.39 is 0 Å². The van der Waals surface area contributed by atoms with Crippen molar-refractivity contribution in [3.63, 3.8) is 0 Å². The number of carbonyl (C=O) groups excluding carboxylic acids is 1. The van der Waals surface area contributed by atoms with Crippen LogP contribution in [0.1, 0.15) is 25.6 Å². The van der Waals surface area contributed by atoms with Crippen molar-refractivity contribution in [3.05, 3.63) is 36.3 Å². The molecule has 0 radical (unpaired) electrons. The van der Waals surface area contributed by atoms with Crippen LogP contribution in [-0.2, 0) is 11.8 Å². The van der Waals surface area contributed by atoms with Gasteiger partial charge in [-0.3, -0.25) is 15.2 Å². The lowest BCUT2D eigenvalue weighted by atomic mass is 10.2. The third kappa shape index (κ3) is 3.18. The number of ether oxygens (including phenoxy) is 1. The van der Waals surface area contributed by atoms with Gasteiger partial charge in [-0.1, -0.05) is 19.9 Å². The van der Waals surface area contributed by atoms with Gasteiger partial charge < -0.3 is 9.30 Å². The smallest absolute Gasteiger partial charge is 0.264 e. The van der Waals surface area contributed by atoms with E-state index in [0.717, 1.165) is 16.7 Å². The first-order valence-electron chi connectivity index (χ1n) is 7.43. The summed E-state index contributed by atoms with van der Waals surface area (Å²) in [4.78, 5) is 16.2.